The van der Waals surface area contributed by atoms with Crippen molar-refractivity contribution in [1.29, 1.82) is 0 Å². The number of hydrogen-bond donors (Lipinski definition) is 1. The van der Waals surface area contributed by atoms with Gasteiger partial charge in [-0.1, -0.05) is 18.2 Å². The van der Waals surface area contributed by atoms with E-state index < -0.39 is 0 Å². The van der Waals surface area contributed by atoms with Gasteiger partial charge in [0.2, 0.25) is 0 Å². The lowest BCUT2D eigenvalue weighted by Gasteiger charge is -2.09. The molecule has 3 rings (SSSR count). The molecule has 2 aromatic heterocycles. The molecule has 2 heterocycles. The van der Waals surface area contributed by atoms with Crippen LogP contribution in [0.1, 0.15) is 19.2 Å². The first kappa shape index (κ1) is 14.0. The van der Waals surface area contributed by atoms with E-state index in [4.69, 9.17) is 9.84 Å². The largest absolute Gasteiger partial charge is 0.396 e. The number of benzene rings is 1. The Morgan fingerprint density at radius 1 is 1.24 bits per heavy atom. The number of aliphatic hydroxyl groups is 1. The second-order valence-corrected chi connectivity index (χ2v) is 4.90. The molecule has 0 spiro atoms. The van der Waals surface area contributed by atoms with Crippen molar-refractivity contribution in [3.05, 3.63) is 36.3 Å². The highest BCUT2D eigenvalue weighted by Crippen LogP contribution is 2.25. The van der Waals surface area contributed by atoms with E-state index in [2.05, 4.69) is 20.6 Å². The Bertz CT molecular complexity index is 752. The number of nitrogens with zero attached hydrogens (tertiary/aromatic N) is 3. The summed E-state index contributed by atoms with van der Waals surface area (Å²) in [5, 5.41) is 10.2. The summed E-state index contributed by atoms with van der Waals surface area (Å²) in [6.45, 7) is 3.99. The van der Waals surface area contributed by atoms with Crippen LogP contribution < -0.4 is 0 Å². The Labute approximate surface area is 123 Å². The minimum Gasteiger partial charge on any atom is -0.396 e. The lowest BCUT2D eigenvalue weighted by atomic mass is 10.2. The average Bonchev–Trinajstić information content (AvgIpc) is 2.88. The number of aromatic nitrogens is 3. The Balaban J connectivity index is 2.20. The molecular formula is C16H19N3O2. The number of hydrogen-bond acceptors (Lipinski definition) is 4. The van der Waals surface area contributed by atoms with Gasteiger partial charge >= 0.3 is 0 Å². The van der Waals surface area contributed by atoms with Gasteiger partial charge in [-0.25, -0.2) is 4.98 Å². The zero-order valence-corrected chi connectivity index (χ0v) is 12.1. The van der Waals surface area contributed by atoms with Gasteiger partial charge in [-0.2, -0.15) is 0 Å². The quantitative estimate of drug-likeness (QED) is 0.756. The van der Waals surface area contributed by atoms with Crippen molar-refractivity contribution in [2.24, 2.45) is 0 Å². The van der Waals surface area contributed by atoms with E-state index in [1.807, 2.05) is 31.3 Å². The minimum absolute atomic E-state index is 0.163. The van der Waals surface area contributed by atoms with Gasteiger partial charge < -0.3 is 14.4 Å². The molecule has 1 N–H and O–H groups in total. The maximum atomic E-state index is 9.14. The van der Waals surface area contributed by atoms with Gasteiger partial charge in [0.1, 0.15) is 17.9 Å². The van der Waals surface area contributed by atoms with Crippen LogP contribution in [0.25, 0.3) is 21.9 Å². The van der Waals surface area contributed by atoms with E-state index in [1.54, 1.807) is 0 Å². The molecule has 0 bridgehead atoms. The second kappa shape index (κ2) is 6.20. The van der Waals surface area contributed by atoms with Crippen LogP contribution >= 0.6 is 0 Å². The maximum Gasteiger partial charge on any atom is 0.136 e. The maximum absolute atomic E-state index is 9.14. The molecule has 0 saturated carbocycles. The second-order valence-electron chi connectivity index (χ2n) is 4.90. The number of aryl methyl sites for hydroxylation is 1. The van der Waals surface area contributed by atoms with Gasteiger partial charge in [-0.15, -0.1) is 0 Å². The molecule has 5 nitrogen and oxygen atoms in total. The van der Waals surface area contributed by atoms with Gasteiger partial charge in [0.25, 0.3) is 0 Å². The van der Waals surface area contributed by atoms with Crippen molar-refractivity contribution < 1.29 is 9.84 Å². The van der Waals surface area contributed by atoms with Crippen molar-refractivity contribution in [3.63, 3.8) is 0 Å². The zero-order valence-electron chi connectivity index (χ0n) is 12.1. The van der Waals surface area contributed by atoms with Gasteiger partial charge in [-0.3, -0.25) is 4.98 Å². The van der Waals surface area contributed by atoms with Crippen LogP contribution in [-0.2, 0) is 17.9 Å². The topological polar surface area (TPSA) is 60.2 Å². The Morgan fingerprint density at radius 2 is 2.10 bits per heavy atom. The molecule has 1 aromatic carbocycles. The van der Waals surface area contributed by atoms with Gasteiger partial charge in [-0.05, 0) is 19.4 Å². The summed E-state index contributed by atoms with van der Waals surface area (Å²) in [6.07, 6.45) is 2.50. The van der Waals surface area contributed by atoms with Crippen LogP contribution in [0.15, 0.2) is 30.5 Å². The third-order valence-corrected chi connectivity index (χ3v) is 3.53. The molecule has 0 aliphatic heterocycles. The van der Waals surface area contributed by atoms with Crippen molar-refractivity contribution in [1.82, 2.24) is 14.5 Å². The van der Waals surface area contributed by atoms with Crippen LogP contribution in [-0.4, -0.2) is 32.9 Å². The van der Waals surface area contributed by atoms with Gasteiger partial charge in [0, 0.05) is 25.1 Å². The molecule has 0 atom stereocenters. The highest BCUT2D eigenvalue weighted by Gasteiger charge is 2.13. The molecule has 21 heavy (non-hydrogen) atoms. The molecule has 3 aromatic rings. The molecule has 0 saturated heterocycles. The van der Waals surface area contributed by atoms with Crippen molar-refractivity contribution >= 4 is 21.9 Å². The van der Waals surface area contributed by atoms with Crippen molar-refractivity contribution in [2.75, 3.05) is 13.2 Å². The number of pyridine rings is 1. The lowest BCUT2D eigenvalue weighted by molar-refractivity contribution is 0.125. The first-order chi connectivity index (χ1) is 10.3. The number of aliphatic hydroxyl groups excluding tert-OH is 1. The number of para-hydroxylation sites is 1. The summed E-state index contributed by atoms with van der Waals surface area (Å²) in [7, 11) is 0. The van der Waals surface area contributed by atoms with E-state index in [0.29, 0.717) is 19.6 Å². The highest BCUT2D eigenvalue weighted by atomic mass is 16.5. The summed E-state index contributed by atoms with van der Waals surface area (Å²) in [6, 6.07) is 8.05. The molecule has 0 unspecified atom stereocenters. The first-order valence-electron chi connectivity index (χ1n) is 7.26. The minimum atomic E-state index is 0.163. The molecule has 5 heteroatoms. The third-order valence-electron chi connectivity index (χ3n) is 3.53. The summed E-state index contributed by atoms with van der Waals surface area (Å²) >= 11 is 0. The standard InChI is InChI=1S/C16H19N3O2/c1-2-21-11-15-18-14-10-17-13-7-4-3-6-12(13)16(14)19(15)8-5-9-20/h3-4,6-7,10,20H,2,5,8-9,11H2,1H3. The van der Waals surface area contributed by atoms with Gasteiger partial charge in [0.05, 0.1) is 17.2 Å². The van der Waals surface area contributed by atoms with Crippen LogP contribution in [0.4, 0.5) is 0 Å². The number of ether oxygens (including phenoxy) is 1. The van der Waals surface area contributed by atoms with Crippen LogP contribution in [0.2, 0.25) is 0 Å². The van der Waals surface area contributed by atoms with E-state index in [9.17, 15) is 0 Å². The van der Waals surface area contributed by atoms with Crippen LogP contribution in [0, 0.1) is 0 Å². The lowest BCUT2D eigenvalue weighted by Crippen LogP contribution is -2.07. The molecule has 0 radical (unpaired) electrons. The van der Waals surface area contributed by atoms with Gasteiger partial charge in [0.15, 0.2) is 0 Å². The van der Waals surface area contributed by atoms with E-state index in [1.165, 1.54) is 0 Å². The summed E-state index contributed by atoms with van der Waals surface area (Å²) in [5.74, 6) is 0.887. The number of fused-ring (bicyclic) bond motifs is 3. The summed E-state index contributed by atoms with van der Waals surface area (Å²) in [5.41, 5.74) is 2.91. The zero-order chi connectivity index (χ0) is 14.7. The number of rotatable bonds is 6. The number of imidazole rings is 1. The molecular weight excluding hydrogens is 266 g/mol. The molecule has 0 amide bonds. The normalized spacial score (nSPS) is 11.5. The van der Waals surface area contributed by atoms with E-state index in [0.717, 1.165) is 34.3 Å². The monoisotopic (exact) mass is 285 g/mol. The molecule has 110 valence electrons. The summed E-state index contributed by atoms with van der Waals surface area (Å²) in [4.78, 5) is 9.11. The Hall–Kier alpha value is -1.98. The predicted molar refractivity (Wildman–Crippen MR) is 82.1 cm³/mol. The van der Waals surface area contributed by atoms with E-state index in [-0.39, 0.29) is 6.61 Å². The predicted octanol–water partition coefficient (Wildman–Crippen LogP) is 2.50. The molecule has 0 aliphatic rings. The van der Waals surface area contributed by atoms with Crippen LogP contribution in [0.5, 0.6) is 0 Å². The van der Waals surface area contributed by atoms with Crippen molar-refractivity contribution in [2.45, 2.75) is 26.5 Å². The highest BCUT2D eigenvalue weighted by molar-refractivity contribution is 6.02. The first-order valence-corrected chi connectivity index (χ1v) is 7.26. The fraction of sp³-hybridized carbons (Fsp3) is 0.375. The third kappa shape index (κ3) is 2.62. The molecule has 0 fully saturated rings. The SMILES string of the molecule is CCOCc1nc2cnc3ccccc3c2n1CCCO. The fourth-order valence-electron chi connectivity index (χ4n) is 2.58. The van der Waals surface area contributed by atoms with E-state index >= 15 is 0 Å². The smallest absolute Gasteiger partial charge is 0.136 e. The van der Waals surface area contributed by atoms with Crippen molar-refractivity contribution in [3.8, 4) is 0 Å². The van der Waals surface area contributed by atoms with Crippen LogP contribution in [0.3, 0.4) is 0 Å². The average molecular weight is 285 g/mol. The Morgan fingerprint density at radius 3 is 2.90 bits per heavy atom. The summed E-state index contributed by atoms with van der Waals surface area (Å²) < 4.78 is 7.66. The Kier molecular flexibility index (Phi) is 4.13. The fourth-order valence-corrected chi connectivity index (χ4v) is 2.58. The molecule has 0 aliphatic carbocycles.